The molecule has 1 unspecified atom stereocenters. The summed E-state index contributed by atoms with van der Waals surface area (Å²) in [6.45, 7) is 8.69. The SMILES string of the molecule is CCOC(=O)c1c(Br)c(F)c(Br)c(C(=O)OCC)c1CCC(C(=O)O)C(C)(C)C. The Morgan fingerprint density at radius 2 is 1.41 bits per heavy atom. The molecule has 0 amide bonds. The van der Waals surface area contributed by atoms with Crippen molar-refractivity contribution >= 4 is 49.8 Å². The Labute approximate surface area is 186 Å². The van der Waals surface area contributed by atoms with E-state index in [1.165, 1.54) is 0 Å². The molecular weight excluding hydrogens is 515 g/mol. The second-order valence-electron chi connectivity index (χ2n) is 7.41. The van der Waals surface area contributed by atoms with E-state index >= 15 is 0 Å². The van der Waals surface area contributed by atoms with Gasteiger partial charge < -0.3 is 14.6 Å². The van der Waals surface area contributed by atoms with Gasteiger partial charge in [-0.05, 0) is 69.5 Å². The van der Waals surface area contributed by atoms with Gasteiger partial charge in [-0.3, -0.25) is 4.79 Å². The summed E-state index contributed by atoms with van der Waals surface area (Å²) in [6.07, 6.45) is 0.163. The first-order chi connectivity index (χ1) is 13.4. The highest BCUT2D eigenvalue weighted by Gasteiger charge is 2.34. The summed E-state index contributed by atoms with van der Waals surface area (Å²) in [6, 6.07) is 0. The van der Waals surface area contributed by atoms with Gasteiger partial charge >= 0.3 is 17.9 Å². The van der Waals surface area contributed by atoms with Crippen LogP contribution >= 0.6 is 31.9 Å². The molecule has 1 atom stereocenters. The second-order valence-corrected chi connectivity index (χ2v) is 8.99. The molecule has 0 bridgehead atoms. The van der Waals surface area contributed by atoms with Gasteiger partial charge in [-0.15, -0.1) is 0 Å². The molecule has 0 saturated heterocycles. The standard InChI is InChI=1S/C20H25Br2FO6/c1-6-28-18(26)12-10(8-9-11(17(24)25)20(3,4)5)13(19(27)29-7-2)15(22)16(23)14(12)21/h11H,6-9H2,1-5H3,(H,24,25). The third kappa shape index (κ3) is 6.01. The summed E-state index contributed by atoms with van der Waals surface area (Å²) in [5, 5.41) is 9.60. The fourth-order valence-corrected chi connectivity index (χ4v) is 4.47. The maximum atomic E-state index is 14.7. The lowest BCUT2D eigenvalue weighted by Crippen LogP contribution is -2.29. The molecule has 6 nitrogen and oxygen atoms in total. The van der Waals surface area contributed by atoms with Gasteiger partial charge in [-0.1, -0.05) is 20.8 Å². The van der Waals surface area contributed by atoms with Crippen molar-refractivity contribution in [2.24, 2.45) is 11.3 Å². The summed E-state index contributed by atoms with van der Waals surface area (Å²) in [4.78, 5) is 36.8. The first-order valence-corrected chi connectivity index (χ1v) is 10.7. The summed E-state index contributed by atoms with van der Waals surface area (Å²) in [5.41, 5.74) is -0.672. The molecule has 0 aliphatic heterocycles. The van der Waals surface area contributed by atoms with Crippen LogP contribution in [0, 0.1) is 17.2 Å². The minimum atomic E-state index is -0.992. The number of hydrogen-bond donors (Lipinski definition) is 1. The maximum absolute atomic E-state index is 14.7. The number of benzene rings is 1. The van der Waals surface area contributed by atoms with E-state index in [4.69, 9.17) is 9.47 Å². The molecule has 0 heterocycles. The van der Waals surface area contributed by atoms with E-state index in [1.54, 1.807) is 34.6 Å². The van der Waals surface area contributed by atoms with Crippen LogP contribution in [0.1, 0.15) is 67.3 Å². The molecule has 29 heavy (non-hydrogen) atoms. The number of esters is 2. The molecule has 1 rings (SSSR count). The van der Waals surface area contributed by atoms with Crippen molar-refractivity contribution in [3.63, 3.8) is 0 Å². The van der Waals surface area contributed by atoms with Gasteiger partial charge in [0.25, 0.3) is 0 Å². The predicted molar refractivity (Wildman–Crippen MR) is 113 cm³/mol. The zero-order valence-corrected chi connectivity index (χ0v) is 20.2. The third-order valence-electron chi connectivity index (χ3n) is 4.41. The normalized spacial score (nSPS) is 12.4. The zero-order chi connectivity index (χ0) is 22.5. The molecule has 1 aromatic rings. The predicted octanol–water partition coefficient (Wildman–Crippen LogP) is 5.38. The van der Waals surface area contributed by atoms with Crippen LogP contribution < -0.4 is 0 Å². The number of carbonyl (C=O) groups is 3. The molecule has 0 radical (unpaired) electrons. The molecular formula is C20H25Br2FO6. The van der Waals surface area contributed by atoms with Gasteiger partial charge in [0, 0.05) is 0 Å². The molecule has 0 aliphatic rings. The van der Waals surface area contributed by atoms with Crippen molar-refractivity contribution in [1.29, 1.82) is 0 Å². The quantitative estimate of drug-likeness (QED) is 0.352. The van der Waals surface area contributed by atoms with Crippen LogP contribution in [-0.4, -0.2) is 36.2 Å². The molecule has 1 N–H and O–H groups in total. The maximum Gasteiger partial charge on any atom is 0.339 e. The zero-order valence-electron chi connectivity index (χ0n) is 17.0. The Kier molecular flexibility index (Phi) is 9.27. The highest BCUT2D eigenvalue weighted by Crippen LogP contribution is 2.38. The fraction of sp³-hybridized carbons (Fsp3) is 0.550. The molecule has 0 aromatic heterocycles. The lowest BCUT2D eigenvalue weighted by Gasteiger charge is -2.27. The van der Waals surface area contributed by atoms with Crippen molar-refractivity contribution in [1.82, 2.24) is 0 Å². The van der Waals surface area contributed by atoms with Gasteiger partial charge in [-0.2, -0.15) is 0 Å². The molecule has 1 aromatic carbocycles. The number of aliphatic carboxylic acids is 1. The first-order valence-electron chi connectivity index (χ1n) is 9.14. The number of halogens is 3. The largest absolute Gasteiger partial charge is 0.481 e. The molecule has 162 valence electrons. The van der Waals surface area contributed by atoms with Crippen LogP contribution in [0.4, 0.5) is 4.39 Å². The van der Waals surface area contributed by atoms with Gasteiger partial charge in [0.05, 0.1) is 39.2 Å². The van der Waals surface area contributed by atoms with E-state index in [9.17, 15) is 23.9 Å². The number of hydrogen-bond acceptors (Lipinski definition) is 5. The minimum absolute atomic E-state index is 0.0357. The number of rotatable bonds is 8. The van der Waals surface area contributed by atoms with E-state index in [0.29, 0.717) is 0 Å². The highest BCUT2D eigenvalue weighted by molar-refractivity contribution is 9.11. The Morgan fingerprint density at radius 1 is 1.00 bits per heavy atom. The topological polar surface area (TPSA) is 89.9 Å². The molecule has 0 aliphatic carbocycles. The van der Waals surface area contributed by atoms with E-state index < -0.39 is 35.1 Å². The van der Waals surface area contributed by atoms with Gasteiger partial charge in [0.1, 0.15) is 0 Å². The molecule has 0 spiro atoms. The molecule has 9 heteroatoms. The summed E-state index contributed by atoms with van der Waals surface area (Å²) in [5.74, 6) is -4.21. The van der Waals surface area contributed by atoms with Crippen LogP contribution in [0.2, 0.25) is 0 Å². The van der Waals surface area contributed by atoms with Crippen LogP contribution in [0.15, 0.2) is 8.95 Å². The number of carbonyl (C=O) groups excluding carboxylic acids is 2. The van der Waals surface area contributed by atoms with E-state index in [-0.39, 0.29) is 51.7 Å². The smallest absolute Gasteiger partial charge is 0.339 e. The Bertz CT molecular complexity index is 756. The number of ether oxygens (including phenoxy) is 2. The lowest BCUT2D eigenvalue weighted by atomic mass is 9.77. The number of carboxylic acid groups (broad SMARTS) is 1. The average Bonchev–Trinajstić information content (AvgIpc) is 2.58. The summed E-state index contributed by atoms with van der Waals surface area (Å²) in [7, 11) is 0. The van der Waals surface area contributed by atoms with Crippen LogP contribution in [0.5, 0.6) is 0 Å². The monoisotopic (exact) mass is 538 g/mol. The third-order valence-corrected chi connectivity index (χ3v) is 5.90. The Morgan fingerprint density at radius 3 is 1.72 bits per heavy atom. The Balaban J connectivity index is 3.67. The average molecular weight is 540 g/mol. The second kappa shape index (κ2) is 10.5. The first kappa shape index (κ1) is 25.6. The van der Waals surface area contributed by atoms with Crippen LogP contribution in [0.3, 0.4) is 0 Å². The van der Waals surface area contributed by atoms with Gasteiger partial charge in [0.2, 0.25) is 0 Å². The van der Waals surface area contributed by atoms with Crippen LogP contribution in [-0.2, 0) is 20.7 Å². The van der Waals surface area contributed by atoms with Crippen LogP contribution in [0.25, 0.3) is 0 Å². The Hall–Kier alpha value is -1.48. The summed E-state index contributed by atoms with van der Waals surface area (Å²) < 4.78 is 24.5. The minimum Gasteiger partial charge on any atom is -0.481 e. The van der Waals surface area contributed by atoms with Crippen molar-refractivity contribution < 1.29 is 33.4 Å². The van der Waals surface area contributed by atoms with E-state index in [1.807, 2.05) is 0 Å². The van der Waals surface area contributed by atoms with Crippen molar-refractivity contribution in [3.8, 4) is 0 Å². The molecule has 0 fully saturated rings. The number of carboxylic acids is 1. The van der Waals surface area contributed by atoms with Gasteiger partial charge in [0.15, 0.2) is 5.82 Å². The highest BCUT2D eigenvalue weighted by atomic mass is 79.9. The molecule has 0 saturated carbocycles. The lowest BCUT2D eigenvalue weighted by molar-refractivity contribution is -0.145. The summed E-state index contributed by atoms with van der Waals surface area (Å²) >= 11 is 6.15. The van der Waals surface area contributed by atoms with Gasteiger partial charge in [-0.25, -0.2) is 14.0 Å². The van der Waals surface area contributed by atoms with Crippen molar-refractivity contribution in [2.45, 2.75) is 47.5 Å². The fourth-order valence-electron chi connectivity index (χ4n) is 3.00. The van der Waals surface area contributed by atoms with Crippen molar-refractivity contribution in [3.05, 3.63) is 31.5 Å². The van der Waals surface area contributed by atoms with E-state index in [0.717, 1.165) is 0 Å². The van der Waals surface area contributed by atoms with Crippen molar-refractivity contribution in [2.75, 3.05) is 13.2 Å². The van der Waals surface area contributed by atoms with E-state index in [2.05, 4.69) is 31.9 Å².